The molecular weight excluding hydrogens is 758 g/mol. The number of carbonyl (C=O) groups is 4. The van der Waals surface area contributed by atoms with Crippen LogP contribution in [0.2, 0.25) is 0 Å². The molecule has 7 rings (SSSR count). The third-order valence-corrected chi connectivity index (χ3v) is 11.2. The summed E-state index contributed by atoms with van der Waals surface area (Å²) in [5.74, 6) is 0.160. The lowest BCUT2D eigenvalue weighted by Crippen LogP contribution is -2.51. The molecule has 2 fully saturated rings. The van der Waals surface area contributed by atoms with Gasteiger partial charge in [0.1, 0.15) is 29.5 Å². The molecule has 0 bridgehead atoms. The van der Waals surface area contributed by atoms with Gasteiger partial charge in [0.05, 0.1) is 61.3 Å². The van der Waals surface area contributed by atoms with E-state index in [2.05, 4.69) is 30.6 Å². The second-order valence-corrected chi connectivity index (χ2v) is 15.8. The molecule has 2 aromatic carbocycles. The summed E-state index contributed by atoms with van der Waals surface area (Å²) < 4.78 is 25.3. The zero-order valence-corrected chi connectivity index (χ0v) is 34.0. The summed E-state index contributed by atoms with van der Waals surface area (Å²) in [6, 6.07) is 12.4. The largest absolute Gasteiger partial charge is 0.453 e. The number of pyridine rings is 1. The number of hydrogen-bond donors (Lipinski definition) is 4. The second-order valence-electron chi connectivity index (χ2n) is 15.8. The first kappa shape index (κ1) is 40.9. The highest BCUT2D eigenvalue weighted by Crippen LogP contribution is 2.36. The highest BCUT2D eigenvalue weighted by atomic mass is 19.1. The number of carbonyl (C=O) groups excluding carboxylic acids is 4. The van der Waals surface area contributed by atoms with Crippen molar-refractivity contribution < 1.29 is 33.0 Å². The Morgan fingerprint density at radius 2 is 1.24 bits per heavy atom. The maximum absolute atomic E-state index is 15.8. The lowest BCUT2D eigenvalue weighted by molar-refractivity contribution is -0.136. The van der Waals surface area contributed by atoms with Gasteiger partial charge in [-0.1, -0.05) is 45.9 Å². The van der Waals surface area contributed by atoms with Gasteiger partial charge in [-0.05, 0) is 67.9 Å². The van der Waals surface area contributed by atoms with Gasteiger partial charge in [0.25, 0.3) is 0 Å². The van der Waals surface area contributed by atoms with Gasteiger partial charge in [-0.25, -0.2) is 28.9 Å². The number of methoxy groups -OCH3 is 2. The van der Waals surface area contributed by atoms with Crippen LogP contribution in [0.4, 0.5) is 14.0 Å². The number of aromatic amines is 2. The summed E-state index contributed by atoms with van der Waals surface area (Å²) in [5.41, 5.74) is 4.39. The van der Waals surface area contributed by atoms with E-state index in [-0.39, 0.29) is 35.7 Å². The van der Waals surface area contributed by atoms with Crippen LogP contribution >= 0.6 is 0 Å². The van der Waals surface area contributed by atoms with Crippen LogP contribution in [-0.2, 0) is 19.1 Å². The maximum atomic E-state index is 15.8. The van der Waals surface area contributed by atoms with Crippen LogP contribution in [0, 0.1) is 17.7 Å². The molecule has 0 unspecified atom stereocenters. The van der Waals surface area contributed by atoms with Crippen LogP contribution in [0.25, 0.3) is 44.7 Å². The number of rotatable bonds is 11. The van der Waals surface area contributed by atoms with E-state index in [4.69, 9.17) is 14.5 Å². The number of ether oxygens (including phenoxy) is 2. The van der Waals surface area contributed by atoms with Crippen LogP contribution in [0.3, 0.4) is 0 Å². The van der Waals surface area contributed by atoms with E-state index >= 15 is 4.39 Å². The Morgan fingerprint density at radius 1 is 0.729 bits per heavy atom. The van der Waals surface area contributed by atoms with Gasteiger partial charge in [-0.3, -0.25) is 9.59 Å². The molecule has 2 aliphatic heterocycles. The average Bonchev–Trinajstić information content (AvgIpc) is 4.07. The van der Waals surface area contributed by atoms with Crippen LogP contribution in [0.1, 0.15) is 77.1 Å². The molecule has 5 aromatic rings. The Bertz CT molecular complexity index is 2360. The molecule has 4 amide bonds. The average molecular weight is 808 g/mol. The van der Waals surface area contributed by atoms with Gasteiger partial charge >= 0.3 is 12.2 Å². The molecule has 59 heavy (non-hydrogen) atoms. The van der Waals surface area contributed by atoms with Crippen molar-refractivity contribution in [3.63, 3.8) is 0 Å². The van der Waals surface area contributed by atoms with Crippen LogP contribution in [0.15, 0.2) is 60.9 Å². The fourth-order valence-corrected chi connectivity index (χ4v) is 8.02. The quantitative estimate of drug-likeness (QED) is 0.110. The second kappa shape index (κ2) is 17.3. The molecule has 15 nitrogen and oxygen atoms in total. The SMILES string of the molecule is COC(=O)N[C@H](C(=O)N1CCC[C@H]1c1ncc(-c2ccc(-c3ccc4cc(-c5cnc([C@@H]6CCCN6C(=O)[C@@H](NC(=O)OC)C(C)C)[nH]5)ccc4n3)c(F)c2)[nH]1)C(C)C. The third-order valence-electron chi connectivity index (χ3n) is 11.2. The summed E-state index contributed by atoms with van der Waals surface area (Å²) in [6.07, 6.45) is 5.12. The lowest BCUT2D eigenvalue weighted by Gasteiger charge is -2.30. The first-order chi connectivity index (χ1) is 28.4. The van der Waals surface area contributed by atoms with Gasteiger partial charge < -0.3 is 39.9 Å². The van der Waals surface area contributed by atoms with Crippen molar-refractivity contribution in [2.24, 2.45) is 11.8 Å². The summed E-state index contributed by atoms with van der Waals surface area (Å²) in [4.78, 5) is 75.3. The topological polar surface area (TPSA) is 188 Å². The van der Waals surface area contributed by atoms with Gasteiger partial charge in [0.15, 0.2) is 0 Å². The molecule has 5 heterocycles. The first-order valence-corrected chi connectivity index (χ1v) is 20.0. The molecule has 4 N–H and O–H groups in total. The molecule has 0 spiro atoms. The van der Waals surface area contributed by atoms with Crippen molar-refractivity contribution in [3.05, 3.63) is 78.4 Å². The van der Waals surface area contributed by atoms with Gasteiger partial charge in [0.2, 0.25) is 11.8 Å². The molecular formula is C43H50FN9O6. The number of fused-ring (bicyclic) bond motifs is 1. The van der Waals surface area contributed by atoms with E-state index in [1.165, 1.54) is 20.3 Å². The Labute approximate surface area is 341 Å². The van der Waals surface area contributed by atoms with Crippen LogP contribution < -0.4 is 10.6 Å². The number of likely N-dealkylation sites (tertiary alicyclic amines) is 2. The predicted molar refractivity (Wildman–Crippen MR) is 218 cm³/mol. The number of nitrogens with zero attached hydrogens (tertiary/aromatic N) is 5. The number of halogens is 1. The molecule has 0 aliphatic carbocycles. The summed E-state index contributed by atoms with van der Waals surface area (Å²) >= 11 is 0. The normalized spacial score (nSPS) is 17.7. The molecule has 16 heteroatoms. The Morgan fingerprint density at radius 3 is 1.73 bits per heavy atom. The van der Waals surface area contributed by atoms with E-state index in [1.54, 1.807) is 34.3 Å². The van der Waals surface area contributed by atoms with Crippen molar-refractivity contribution in [1.82, 2.24) is 45.4 Å². The first-order valence-electron chi connectivity index (χ1n) is 20.0. The number of H-pyrrole nitrogens is 2. The van der Waals surface area contributed by atoms with Crippen molar-refractivity contribution in [1.29, 1.82) is 0 Å². The predicted octanol–water partition coefficient (Wildman–Crippen LogP) is 6.91. The van der Waals surface area contributed by atoms with Crippen molar-refractivity contribution in [2.45, 2.75) is 77.5 Å². The Kier molecular flexibility index (Phi) is 12.0. The fourth-order valence-electron chi connectivity index (χ4n) is 8.02. The standard InChI is InChI=1S/C43H50FN9O6/c1-23(2)36(50-42(56)58-5)40(54)52-17-7-9-34(52)38-45-21-32(48-38)26-12-15-30-25(19-26)13-16-31(47-30)28-14-11-27(20-29(28)44)33-22-46-39(49-33)35-10-8-18-53(35)41(55)37(24(3)4)51-43(57)59-6/h11-16,19-24,34-37H,7-10,17-18H2,1-6H3,(H,45,48)(H,46,49)(H,50,56)(H,51,57)/t34-,35-,36-,37-/m0/s1. The number of nitrogens with one attached hydrogen (secondary N) is 4. The maximum Gasteiger partial charge on any atom is 0.407 e. The fraction of sp³-hybridized carbons (Fsp3) is 0.419. The smallest absolute Gasteiger partial charge is 0.407 e. The van der Waals surface area contributed by atoms with Crippen molar-refractivity contribution >= 4 is 34.9 Å². The number of hydrogen-bond acceptors (Lipinski definition) is 9. The van der Waals surface area contributed by atoms with Crippen LogP contribution in [0.5, 0.6) is 0 Å². The highest BCUT2D eigenvalue weighted by Gasteiger charge is 2.39. The summed E-state index contributed by atoms with van der Waals surface area (Å²) in [5, 5.41) is 6.19. The number of imidazole rings is 2. The minimum absolute atomic E-state index is 0.133. The molecule has 0 saturated carbocycles. The number of amides is 4. The monoisotopic (exact) mass is 807 g/mol. The van der Waals surface area contributed by atoms with E-state index < -0.39 is 30.1 Å². The summed E-state index contributed by atoms with van der Waals surface area (Å²) in [6.45, 7) is 8.58. The van der Waals surface area contributed by atoms with E-state index in [0.29, 0.717) is 59.2 Å². The zero-order chi connectivity index (χ0) is 42.0. The molecule has 0 radical (unpaired) electrons. The minimum Gasteiger partial charge on any atom is -0.453 e. The lowest BCUT2D eigenvalue weighted by atomic mass is 10.0. The molecule has 2 aliphatic rings. The van der Waals surface area contributed by atoms with Gasteiger partial charge in [-0.15, -0.1) is 0 Å². The number of aromatic nitrogens is 5. The Balaban J connectivity index is 1.05. The highest BCUT2D eigenvalue weighted by molar-refractivity contribution is 5.88. The molecule has 4 atom stereocenters. The van der Waals surface area contributed by atoms with Gasteiger partial charge in [-0.2, -0.15) is 0 Å². The molecule has 2 saturated heterocycles. The number of benzene rings is 2. The van der Waals surface area contributed by atoms with E-state index in [0.717, 1.165) is 35.9 Å². The van der Waals surface area contributed by atoms with Crippen LogP contribution in [-0.4, -0.2) is 98.1 Å². The Hall–Kier alpha value is -6.32. The number of alkyl carbamates (subject to hydrolysis) is 2. The molecule has 310 valence electrons. The third kappa shape index (κ3) is 8.47. The van der Waals surface area contributed by atoms with E-state index in [1.807, 2.05) is 58.0 Å². The van der Waals surface area contributed by atoms with E-state index in [9.17, 15) is 19.2 Å². The minimum atomic E-state index is -0.744. The van der Waals surface area contributed by atoms with Gasteiger partial charge in [0, 0.05) is 35.2 Å². The molecule has 3 aromatic heterocycles. The zero-order valence-electron chi connectivity index (χ0n) is 34.0. The van der Waals surface area contributed by atoms with Crippen molar-refractivity contribution in [3.8, 4) is 33.8 Å². The summed E-state index contributed by atoms with van der Waals surface area (Å²) in [7, 11) is 2.54. The van der Waals surface area contributed by atoms with Crippen molar-refractivity contribution in [2.75, 3.05) is 27.3 Å².